The Balaban J connectivity index is 2.28. The summed E-state index contributed by atoms with van der Waals surface area (Å²) in [6.07, 6.45) is 0. The van der Waals surface area contributed by atoms with Crippen LogP contribution in [0.2, 0.25) is 0 Å². The molecule has 0 aliphatic heterocycles. The topological polar surface area (TPSA) is 62.7 Å². The molecule has 0 radical (unpaired) electrons. The number of aromatic nitrogens is 1. The fraction of sp³-hybridized carbons (Fsp3) is 0. The van der Waals surface area contributed by atoms with Gasteiger partial charge in [0.1, 0.15) is 9.61 Å². The molecular formula is C14H9N3S2. The molecule has 0 saturated carbocycles. The van der Waals surface area contributed by atoms with Crippen LogP contribution in [0.4, 0.5) is 5.13 Å². The second-order valence-corrected chi connectivity index (χ2v) is 5.99. The molecule has 0 aliphatic carbocycles. The number of fused-ring (bicyclic) bond motifs is 1. The fourth-order valence-electron chi connectivity index (χ4n) is 2.03. The molecule has 92 valence electrons. The number of hydrogen-bond donors (Lipinski definition) is 1. The Morgan fingerprint density at radius 3 is 2.79 bits per heavy atom. The lowest BCUT2D eigenvalue weighted by molar-refractivity contribution is 1.38. The van der Waals surface area contributed by atoms with Crippen molar-refractivity contribution >= 4 is 39.0 Å². The number of nitrogen functional groups attached to an aromatic ring is 1. The standard InChI is InChI=1S/C14H9N3S2/c15-8-18-13-12(17-14(16)19-13)11-7-3-5-9-4-1-2-6-10(9)11/h1-7H,(H2,16,17). The van der Waals surface area contributed by atoms with E-state index in [0.717, 1.165) is 38.0 Å². The van der Waals surface area contributed by atoms with E-state index in [-0.39, 0.29) is 0 Å². The maximum Gasteiger partial charge on any atom is 0.181 e. The molecule has 3 nitrogen and oxygen atoms in total. The molecule has 3 rings (SSSR count). The molecule has 19 heavy (non-hydrogen) atoms. The fourth-order valence-corrected chi connectivity index (χ4v) is 3.48. The summed E-state index contributed by atoms with van der Waals surface area (Å²) in [4.78, 5) is 4.37. The third-order valence-corrected chi connectivity index (χ3v) is 4.44. The highest BCUT2D eigenvalue weighted by Gasteiger charge is 2.14. The second kappa shape index (κ2) is 4.92. The molecular weight excluding hydrogens is 274 g/mol. The van der Waals surface area contributed by atoms with Gasteiger partial charge in [0, 0.05) is 17.3 Å². The van der Waals surface area contributed by atoms with E-state index in [2.05, 4.69) is 28.6 Å². The van der Waals surface area contributed by atoms with Crippen LogP contribution in [0.25, 0.3) is 22.0 Å². The summed E-state index contributed by atoms with van der Waals surface area (Å²) < 4.78 is 0.844. The molecule has 1 aromatic heterocycles. The van der Waals surface area contributed by atoms with Crippen LogP contribution in [0, 0.1) is 10.7 Å². The van der Waals surface area contributed by atoms with E-state index in [0.29, 0.717) is 5.13 Å². The van der Waals surface area contributed by atoms with Crippen molar-refractivity contribution < 1.29 is 0 Å². The zero-order valence-electron chi connectivity index (χ0n) is 9.83. The summed E-state index contributed by atoms with van der Waals surface area (Å²) >= 11 is 2.46. The van der Waals surface area contributed by atoms with Crippen LogP contribution in [0.3, 0.4) is 0 Å². The van der Waals surface area contributed by atoms with Crippen LogP contribution < -0.4 is 5.73 Å². The van der Waals surface area contributed by atoms with Gasteiger partial charge in [-0.25, -0.2) is 4.98 Å². The number of benzene rings is 2. The Morgan fingerprint density at radius 2 is 1.95 bits per heavy atom. The molecule has 0 aliphatic rings. The molecule has 2 N–H and O–H groups in total. The molecule has 3 aromatic rings. The van der Waals surface area contributed by atoms with Crippen LogP contribution in [0.1, 0.15) is 0 Å². The van der Waals surface area contributed by atoms with E-state index in [1.807, 2.05) is 24.3 Å². The van der Waals surface area contributed by atoms with Crippen molar-refractivity contribution in [1.82, 2.24) is 4.98 Å². The number of nitrogens with two attached hydrogens (primary N) is 1. The number of nitriles is 1. The molecule has 5 heteroatoms. The predicted molar refractivity (Wildman–Crippen MR) is 80.9 cm³/mol. The van der Waals surface area contributed by atoms with E-state index in [1.165, 1.54) is 11.3 Å². The number of thiazole rings is 1. The van der Waals surface area contributed by atoms with Gasteiger partial charge in [0.05, 0.1) is 5.69 Å². The maximum atomic E-state index is 8.86. The van der Waals surface area contributed by atoms with Crippen molar-refractivity contribution in [2.75, 3.05) is 5.73 Å². The molecule has 1 heterocycles. The quantitative estimate of drug-likeness (QED) is 0.567. The minimum atomic E-state index is 0.487. The molecule has 0 fully saturated rings. The van der Waals surface area contributed by atoms with E-state index >= 15 is 0 Å². The van der Waals surface area contributed by atoms with Gasteiger partial charge in [-0.2, -0.15) is 5.26 Å². The highest BCUT2D eigenvalue weighted by molar-refractivity contribution is 8.05. The average Bonchev–Trinajstić information content (AvgIpc) is 2.79. The zero-order chi connectivity index (χ0) is 13.2. The smallest absolute Gasteiger partial charge is 0.181 e. The molecule has 0 bridgehead atoms. The summed E-state index contributed by atoms with van der Waals surface area (Å²) in [5.74, 6) is 0. The van der Waals surface area contributed by atoms with Crippen molar-refractivity contribution in [3.05, 3.63) is 42.5 Å². The van der Waals surface area contributed by atoms with E-state index in [1.54, 1.807) is 0 Å². The summed E-state index contributed by atoms with van der Waals surface area (Å²) in [6.45, 7) is 0. The Kier molecular flexibility index (Phi) is 3.11. The van der Waals surface area contributed by atoms with Crippen molar-refractivity contribution in [3.8, 4) is 16.7 Å². The molecule has 2 aromatic carbocycles. The Morgan fingerprint density at radius 1 is 1.16 bits per heavy atom. The van der Waals surface area contributed by atoms with Crippen LogP contribution in [0.15, 0.2) is 46.7 Å². The third-order valence-electron chi connectivity index (χ3n) is 2.80. The van der Waals surface area contributed by atoms with Gasteiger partial charge in [-0.15, -0.1) is 0 Å². The van der Waals surface area contributed by atoms with Crippen LogP contribution in [-0.4, -0.2) is 4.98 Å². The van der Waals surface area contributed by atoms with Gasteiger partial charge in [-0.3, -0.25) is 0 Å². The van der Waals surface area contributed by atoms with Gasteiger partial charge in [0.15, 0.2) is 5.13 Å². The van der Waals surface area contributed by atoms with Crippen LogP contribution in [0.5, 0.6) is 0 Å². The van der Waals surface area contributed by atoms with Crippen molar-refractivity contribution in [3.63, 3.8) is 0 Å². The second-order valence-electron chi connectivity index (χ2n) is 3.91. The van der Waals surface area contributed by atoms with Gasteiger partial charge in [0.25, 0.3) is 0 Å². The van der Waals surface area contributed by atoms with Gasteiger partial charge >= 0.3 is 0 Å². The normalized spacial score (nSPS) is 10.5. The first-order valence-corrected chi connectivity index (χ1v) is 7.23. The number of nitrogens with zero attached hydrogens (tertiary/aromatic N) is 2. The predicted octanol–water partition coefficient (Wildman–Crippen LogP) is 4.12. The van der Waals surface area contributed by atoms with Gasteiger partial charge in [0.2, 0.25) is 0 Å². The van der Waals surface area contributed by atoms with Crippen molar-refractivity contribution in [2.24, 2.45) is 0 Å². The van der Waals surface area contributed by atoms with Gasteiger partial charge in [-0.05, 0) is 10.8 Å². The number of hydrogen-bond acceptors (Lipinski definition) is 5. The van der Waals surface area contributed by atoms with E-state index in [9.17, 15) is 0 Å². The average molecular weight is 283 g/mol. The van der Waals surface area contributed by atoms with Crippen LogP contribution in [-0.2, 0) is 0 Å². The summed E-state index contributed by atoms with van der Waals surface area (Å²) in [5.41, 5.74) is 7.59. The lowest BCUT2D eigenvalue weighted by atomic mass is 10.0. The van der Waals surface area contributed by atoms with Gasteiger partial charge < -0.3 is 5.73 Å². The Hall–Kier alpha value is -2.03. The molecule has 0 spiro atoms. The summed E-state index contributed by atoms with van der Waals surface area (Å²) in [6, 6.07) is 14.2. The molecule has 0 saturated heterocycles. The van der Waals surface area contributed by atoms with E-state index < -0.39 is 0 Å². The number of thiocyanates is 1. The number of thioether (sulfide) groups is 1. The SMILES string of the molecule is N#CSc1sc(N)nc1-c1cccc2ccccc12. The highest BCUT2D eigenvalue weighted by Crippen LogP contribution is 2.39. The maximum absolute atomic E-state index is 8.86. The minimum absolute atomic E-state index is 0.487. The molecule has 0 atom stereocenters. The summed E-state index contributed by atoms with van der Waals surface area (Å²) in [5, 5.41) is 13.7. The van der Waals surface area contributed by atoms with Crippen molar-refractivity contribution in [2.45, 2.75) is 4.21 Å². The molecule has 0 amide bonds. The van der Waals surface area contributed by atoms with E-state index in [4.69, 9.17) is 11.0 Å². The minimum Gasteiger partial charge on any atom is -0.375 e. The van der Waals surface area contributed by atoms with Crippen molar-refractivity contribution in [1.29, 1.82) is 5.26 Å². The number of rotatable bonds is 2. The first kappa shape index (κ1) is 12.0. The van der Waals surface area contributed by atoms with Crippen LogP contribution >= 0.6 is 23.1 Å². The van der Waals surface area contributed by atoms with Gasteiger partial charge in [-0.1, -0.05) is 53.8 Å². The first-order valence-electron chi connectivity index (χ1n) is 5.60. The lowest BCUT2D eigenvalue weighted by Crippen LogP contribution is -1.85. The monoisotopic (exact) mass is 283 g/mol. The third kappa shape index (κ3) is 2.16. The molecule has 0 unspecified atom stereocenters. The zero-order valence-corrected chi connectivity index (χ0v) is 11.5. The highest BCUT2D eigenvalue weighted by atomic mass is 32.2. The largest absolute Gasteiger partial charge is 0.375 e. The Labute approximate surface area is 118 Å². The number of anilines is 1. The lowest BCUT2D eigenvalue weighted by Gasteiger charge is -2.04. The first-order chi connectivity index (χ1) is 9.29. The summed E-state index contributed by atoms with van der Waals surface area (Å²) in [7, 11) is 0. The Bertz CT molecular complexity index is 781.